The Balaban J connectivity index is 1.18. The van der Waals surface area contributed by atoms with Crippen molar-refractivity contribution in [3.8, 4) is 0 Å². The Morgan fingerprint density at radius 3 is 2.49 bits per heavy atom. The molecule has 3 N–H and O–H groups in total. The van der Waals surface area contributed by atoms with Gasteiger partial charge in [-0.25, -0.2) is 4.98 Å². The molecule has 2 aliphatic rings. The number of aliphatic hydroxyl groups is 1. The van der Waals surface area contributed by atoms with E-state index < -0.39 is 12.1 Å². The van der Waals surface area contributed by atoms with Crippen LogP contribution in [0.2, 0.25) is 0 Å². The number of rotatable bonds is 9. The average Bonchev–Trinajstić information content (AvgIpc) is 3.82. The summed E-state index contributed by atoms with van der Waals surface area (Å²) < 4.78 is 0. The second-order valence-electron chi connectivity index (χ2n) is 11.6. The Labute approximate surface area is 257 Å². The van der Waals surface area contributed by atoms with Crippen molar-refractivity contribution >= 4 is 23.2 Å². The third-order valence-corrected chi connectivity index (χ3v) is 9.69. The molecule has 1 unspecified atom stereocenters. The predicted octanol–water partition coefficient (Wildman–Crippen LogP) is 5.62. The van der Waals surface area contributed by atoms with Crippen LogP contribution in [0.5, 0.6) is 0 Å². The lowest BCUT2D eigenvalue weighted by atomic mass is 9.95. The SMILES string of the molecule is Cc1csc(C2CCCN2C(=O)c2cccc(C(=O)N[C@@H](Cc3ccccc3)[C@H](O)[C@@H]3CC[C@H](c4ccccc4)N3)c2)n1. The number of aliphatic hydroxyl groups excluding tert-OH is 1. The van der Waals surface area contributed by atoms with Crippen molar-refractivity contribution in [1.29, 1.82) is 0 Å². The van der Waals surface area contributed by atoms with Crippen LogP contribution >= 0.6 is 11.3 Å². The fraction of sp³-hybridized carbons (Fsp3) is 0.343. The maximum Gasteiger partial charge on any atom is 0.254 e. The molecule has 2 aliphatic heterocycles. The first-order chi connectivity index (χ1) is 21.0. The van der Waals surface area contributed by atoms with Crippen molar-refractivity contribution in [1.82, 2.24) is 20.5 Å². The Morgan fingerprint density at radius 2 is 1.74 bits per heavy atom. The average molecular weight is 595 g/mol. The van der Waals surface area contributed by atoms with Gasteiger partial charge in [0, 0.05) is 40.8 Å². The molecule has 7 nitrogen and oxygen atoms in total. The second-order valence-corrected chi connectivity index (χ2v) is 12.5. The van der Waals surface area contributed by atoms with Crippen molar-refractivity contribution in [3.63, 3.8) is 0 Å². The summed E-state index contributed by atoms with van der Waals surface area (Å²) in [6, 6.07) is 26.6. The van der Waals surface area contributed by atoms with Crippen LogP contribution < -0.4 is 10.6 Å². The van der Waals surface area contributed by atoms with E-state index in [1.807, 2.05) is 65.7 Å². The van der Waals surface area contributed by atoms with Gasteiger partial charge in [-0.2, -0.15) is 0 Å². The summed E-state index contributed by atoms with van der Waals surface area (Å²) in [5.41, 5.74) is 4.08. The molecule has 0 spiro atoms. The number of hydrogen-bond acceptors (Lipinski definition) is 6. The zero-order chi connectivity index (χ0) is 29.8. The van der Waals surface area contributed by atoms with E-state index in [0.29, 0.717) is 24.1 Å². The third kappa shape index (κ3) is 6.72. The number of benzene rings is 3. The van der Waals surface area contributed by atoms with E-state index >= 15 is 0 Å². The first kappa shape index (κ1) is 29.2. The molecule has 2 amide bonds. The number of amides is 2. The van der Waals surface area contributed by atoms with Crippen LogP contribution in [0.4, 0.5) is 0 Å². The second kappa shape index (κ2) is 13.2. The van der Waals surface area contributed by atoms with Gasteiger partial charge in [-0.05, 0) is 68.4 Å². The van der Waals surface area contributed by atoms with Crippen LogP contribution in [-0.4, -0.2) is 51.5 Å². The molecule has 8 heteroatoms. The van der Waals surface area contributed by atoms with Gasteiger partial charge in [0.1, 0.15) is 5.01 Å². The number of aromatic nitrogens is 1. The zero-order valence-corrected chi connectivity index (χ0v) is 25.2. The summed E-state index contributed by atoms with van der Waals surface area (Å²) in [6.45, 7) is 2.64. The number of thiazole rings is 1. The Hall–Kier alpha value is -3.85. The van der Waals surface area contributed by atoms with Gasteiger partial charge in [-0.1, -0.05) is 66.7 Å². The highest BCUT2D eigenvalue weighted by molar-refractivity contribution is 7.09. The maximum absolute atomic E-state index is 13.7. The normalized spacial score (nSPS) is 21.4. The summed E-state index contributed by atoms with van der Waals surface area (Å²) in [5.74, 6) is -0.395. The van der Waals surface area contributed by atoms with Crippen LogP contribution in [0.3, 0.4) is 0 Å². The standard InChI is InChI=1S/C35H38N4O3S/c1-23-22-43-34(36-23)31-16-9-19-39(31)35(42)27-15-8-14-26(21-27)33(41)38-30(20-24-10-4-2-5-11-24)32(40)29-18-17-28(37-29)25-12-6-3-7-13-25/h2-8,10-15,21-22,28-32,37,40H,9,16-20H2,1H3,(H,38,41)/t28-,29+,30+,31?,32-/m1/s1. The summed E-state index contributed by atoms with van der Waals surface area (Å²) >= 11 is 1.59. The first-order valence-electron chi connectivity index (χ1n) is 15.1. The van der Waals surface area contributed by atoms with E-state index in [1.165, 1.54) is 5.56 Å². The molecule has 0 aliphatic carbocycles. The van der Waals surface area contributed by atoms with Gasteiger partial charge >= 0.3 is 0 Å². The highest BCUT2D eigenvalue weighted by Gasteiger charge is 2.36. The molecule has 2 fully saturated rings. The summed E-state index contributed by atoms with van der Waals surface area (Å²) in [7, 11) is 0. The minimum Gasteiger partial charge on any atom is -0.389 e. The molecule has 4 aromatic rings. The van der Waals surface area contributed by atoms with E-state index in [-0.39, 0.29) is 29.9 Å². The Bertz CT molecular complexity index is 1540. The fourth-order valence-electron chi connectivity index (χ4n) is 6.40. The smallest absolute Gasteiger partial charge is 0.254 e. The van der Waals surface area contributed by atoms with Gasteiger partial charge in [-0.15, -0.1) is 11.3 Å². The van der Waals surface area contributed by atoms with Gasteiger partial charge in [-0.3, -0.25) is 9.59 Å². The van der Waals surface area contributed by atoms with Crippen LogP contribution in [-0.2, 0) is 6.42 Å². The number of carbonyl (C=O) groups is 2. The number of nitrogens with zero attached hydrogens (tertiary/aromatic N) is 2. The monoisotopic (exact) mass is 594 g/mol. The lowest BCUT2D eigenvalue weighted by molar-refractivity contribution is 0.0729. The minimum absolute atomic E-state index is 0.0345. The fourth-order valence-corrected chi connectivity index (χ4v) is 7.34. The molecule has 5 atom stereocenters. The lowest BCUT2D eigenvalue weighted by Crippen LogP contribution is -2.52. The zero-order valence-electron chi connectivity index (χ0n) is 24.4. The molecule has 6 rings (SSSR count). The first-order valence-corrected chi connectivity index (χ1v) is 16.0. The summed E-state index contributed by atoms with van der Waals surface area (Å²) in [6.07, 6.45) is 3.23. The van der Waals surface area contributed by atoms with Gasteiger partial charge in [0.05, 0.1) is 18.2 Å². The van der Waals surface area contributed by atoms with Crippen molar-refractivity contribution in [2.45, 2.75) is 69.3 Å². The van der Waals surface area contributed by atoms with E-state index in [4.69, 9.17) is 0 Å². The summed E-state index contributed by atoms with van der Waals surface area (Å²) in [4.78, 5) is 33.8. The van der Waals surface area contributed by atoms with Gasteiger partial charge in [0.2, 0.25) is 0 Å². The molecular formula is C35H38N4O3S. The highest BCUT2D eigenvalue weighted by Crippen LogP contribution is 2.35. The molecule has 3 heterocycles. The van der Waals surface area contributed by atoms with E-state index in [2.05, 4.69) is 27.8 Å². The quantitative estimate of drug-likeness (QED) is 0.234. The molecule has 0 saturated carbocycles. The number of nitrogens with one attached hydrogen (secondary N) is 2. The van der Waals surface area contributed by atoms with Gasteiger partial charge in [0.25, 0.3) is 11.8 Å². The van der Waals surface area contributed by atoms with Gasteiger partial charge < -0.3 is 20.6 Å². The van der Waals surface area contributed by atoms with E-state index in [9.17, 15) is 14.7 Å². The molecule has 1 aromatic heterocycles. The topological polar surface area (TPSA) is 94.6 Å². The van der Waals surface area contributed by atoms with Crippen LogP contribution in [0.25, 0.3) is 0 Å². The van der Waals surface area contributed by atoms with Crippen LogP contribution in [0, 0.1) is 6.92 Å². The number of likely N-dealkylation sites (tertiary alicyclic amines) is 1. The largest absolute Gasteiger partial charge is 0.389 e. The molecule has 43 heavy (non-hydrogen) atoms. The third-order valence-electron chi connectivity index (χ3n) is 8.63. The summed E-state index contributed by atoms with van der Waals surface area (Å²) in [5, 5.41) is 21.3. The lowest BCUT2D eigenvalue weighted by Gasteiger charge is -2.29. The minimum atomic E-state index is -0.796. The van der Waals surface area contributed by atoms with Crippen LogP contribution in [0.15, 0.2) is 90.3 Å². The van der Waals surface area contributed by atoms with E-state index in [0.717, 1.165) is 41.9 Å². The van der Waals surface area contributed by atoms with Crippen molar-refractivity contribution in [2.75, 3.05) is 6.54 Å². The van der Waals surface area contributed by atoms with Crippen molar-refractivity contribution in [3.05, 3.63) is 123 Å². The number of carbonyl (C=O) groups excluding carboxylic acids is 2. The Kier molecular flexibility index (Phi) is 8.98. The molecule has 222 valence electrons. The number of hydrogen-bond donors (Lipinski definition) is 3. The molecule has 2 saturated heterocycles. The maximum atomic E-state index is 13.7. The Morgan fingerprint density at radius 1 is 1.00 bits per heavy atom. The van der Waals surface area contributed by atoms with Crippen LogP contribution in [0.1, 0.15) is 80.3 Å². The van der Waals surface area contributed by atoms with E-state index in [1.54, 1.807) is 35.6 Å². The van der Waals surface area contributed by atoms with Gasteiger partial charge in [0.15, 0.2) is 0 Å². The predicted molar refractivity (Wildman–Crippen MR) is 169 cm³/mol. The molecule has 3 aromatic carbocycles. The molecular weight excluding hydrogens is 556 g/mol. The van der Waals surface area contributed by atoms with Crippen molar-refractivity contribution < 1.29 is 14.7 Å². The molecule has 0 radical (unpaired) electrons. The highest BCUT2D eigenvalue weighted by atomic mass is 32.1. The number of aryl methyl sites for hydroxylation is 1. The molecule has 0 bridgehead atoms. The van der Waals surface area contributed by atoms with Crippen molar-refractivity contribution in [2.24, 2.45) is 0 Å².